The Bertz CT molecular complexity index is 682. The number of fused-ring (bicyclic) bond motifs is 1. The fraction of sp³-hybridized carbons (Fsp3) is 0.353. The predicted molar refractivity (Wildman–Crippen MR) is 84.1 cm³/mol. The van der Waals surface area contributed by atoms with Gasteiger partial charge in [-0.3, -0.25) is 4.79 Å². The largest absolute Gasteiger partial charge is 0.398 e. The Balaban J connectivity index is 1.90. The Hall–Kier alpha value is -2.07. The molecule has 0 aliphatic carbocycles. The number of anilines is 1. The van der Waals surface area contributed by atoms with Crippen LogP contribution in [-0.2, 0) is 0 Å². The van der Waals surface area contributed by atoms with Gasteiger partial charge in [-0.25, -0.2) is 0 Å². The van der Waals surface area contributed by atoms with Gasteiger partial charge in [-0.15, -0.1) is 0 Å². The lowest BCUT2D eigenvalue weighted by atomic mass is 10.0. The molecule has 21 heavy (non-hydrogen) atoms. The molecule has 110 valence electrons. The van der Waals surface area contributed by atoms with Crippen molar-refractivity contribution < 1.29 is 9.90 Å². The van der Waals surface area contributed by atoms with Crippen LogP contribution in [0, 0.1) is 5.92 Å². The van der Waals surface area contributed by atoms with Crippen LogP contribution in [0.2, 0.25) is 0 Å². The maximum absolute atomic E-state index is 12.6. The first-order valence-electron chi connectivity index (χ1n) is 7.32. The van der Waals surface area contributed by atoms with Crippen molar-refractivity contribution in [1.82, 2.24) is 4.90 Å². The first-order valence-corrected chi connectivity index (χ1v) is 7.32. The number of rotatable bonds is 2. The van der Waals surface area contributed by atoms with Crippen molar-refractivity contribution in [3.05, 3.63) is 42.0 Å². The average molecular weight is 284 g/mol. The number of aliphatic hydroxyl groups excluding tert-OH is 1. The van der Waals surface area contributed by atoms with Gasteiger partial charge in [0.05, 0.1) is 11.7 Å². The highest BCUT2D eigenvalue weighted by Crippen LogP contribution is 2.26. The van der Waals surface area contributed by atoms with Crippen molar-refractivity contribution in [2.75, 3.05) is 18.8 Å². The number of carbonyl (C=O) groups excluding carboxylic acids is 1. The van der Waals surface area contributed by atoms with Crippen molar-refractivity contribution >= 4 is 22.4 Å². The summed E-state index contributed by atoms with van der Waals surface area (Å²) in [6.07, 6.45) is 0.466. The minimum Gasteiger partial charge on any atom is -0.398 e. The Labute approximate surface area is 124 Å². The number of nitrogen functional groups attached to an aromatic ring is 1. The van der Waals surface area contributed by atoms with Gasteiger partial charge in [0.1, 0.15) is 0 Å². The molecule has 1 aliphatic rings. The molecule has 2 unspecified atom stereocenters. The summed E-state index contributed by atoms with van der Waals surface area (Å²) in [6.45, 7) is 3.06. The molecule has 0 bridgehead atoms. The number of carbonyl (C=O) groups is 1. The molecule has 2 aromatic rings. The zero-order chi connectivity index (χ0) is 15.0. The number of nitrogens with two attached hydrogens (primary N) is 1. The Morgan fingerprint density at radius 2 is 2.00 bits per heavy atom. The molecule has 4 nitrogen and oxygen atoms in total. The summed E-state index contributed by atoms with van der Waals surface area (Å²) in [4.78, 5) is 14.4. The number of likely N-dealkylation sites (tertiary alicyclic amines) is 1. The van der Waals surface area contributed by atoms with Gasteiger partial charge < -0.3 is 15.7 Å². The second kappa shape index (κ2) is 5.37. The Morgan fingerprint density at radius 3 is 2.62 bits per heavy atom. The lowest BCUT2D eigenvalue weighted by Gasteiger charge is -2.19. The minimum atomic E-state index is -0.378. The van der Waals surface area contributed by atoms with E-state index in [0.29, 0.717) is 24.3 Å². The van der Waals surface area contributed by atoms with E-state index < -0.39 is 0 Å². The molecule has 3 rings (SSSR count). The first kappa shape index (κ1) is 13.9. The monoisotopic (exact) mass is 284 g/mol. The maximum Gasteiger partial charge on any atom is 0.255 e. The van der Waals surface area contributed by atoms with E-state index in [0.717, 1.165) is 17.2 Å². The fourth-order valence-corrected chi connectivity index (χ4v) is 2.98. The maximum atomic E-state index is 12.6. The molecule has 0 radical (unpaired) electrons. The predicted octanol–water partition coefficient (Wildman–Crippen LogP) is 2.26. The lowest BCUT2D eigenvalue weighted by Crippen LogP contribution is -2.30. The second-order valence-corrected chi connectivity index (χ2v) is 5.83. The number of hydrogen-bond donors (Lipinski definition) is 2. The van der Waals surface area contributed by atoms with Gasteiger partial charge in [-0.2, -0.15) is 0 Å². The summed E-state index contributed by atoms with van der Waals surface area (Å²) in [7, 11) is 0. The molecule has 1 heterocycles. The van der Waals surface area contributed by atoms with Crippen LogP contribution >= 0.6 is 0 Å². The Morgan fingerprint density at radius 1 is 1.33 bits per heavy atom. The normalized spacial score (nSPS) is 19.9. The van der Waals surface area contributed by atoms with E-state index in [1.807, 2.05) is 36.4 Å². The van der Waals surface area contributed by atoms with Crippen molar-refractivity contribution in [2.24, 2.45) is 5.92 Å². The van der Waals surface area contributed by atoms with Gasteiger partial charge in [-0.05, 0) is 36.2 Å². The van der Waals surface area contributed by atoms with Crippen LogP contribution in [0.25, 0.3) is 10.8 Å². The van der Waals surface area contributed by atoms with E-state index in [4.69, 9.17) is 5.73 Å². The third kappa shape index (κ3) is 2.59. The molecule has 3 N–H and O–H groups in total. The molecular weight excluding hydrogens is 264 g/mol. The van der Waals surface area contributed by atoms with Gasteiger partial charge in [-0.1, -0.05) is 24.3 Å². The summed E-state index contributed by atoms with van der Waals surface area (Å²) in [5.74, 6) is 0.122. The third-order valence-corrected chi connectivity index (χ3v) is 4.34. The number of hydrogen-bond acceptors (Lipinski definition) is 3. The van der Waals surface area contributed by atoms with Crippen molar-refractivity contribution in [3.63, 3.8) is 0 Å². The highest BCUT2D eigenvalue weighted by Gasteiger charge is 2.30. The standard InChI is InChI=1S/C17H20N2O2/c1-11(20)14-6-7-19(10-14)17(21)15-8-12-4-2-3-5-13(12)9-16(15)18/h2-5,8-9,11,14,20H,6-7,10,18H2,1H3. The first-order chi connectivity index (χ1) is 10.1. The molecule has 0 saturated carbocycles. The third-order valence-electron chi connectivity index (χ3n) is 4.34. The fourth-order valence-electron chi connectivity index (χ4n) is 2.98. The lowest BCUT2D eigenvalue weighted by molar-refractivity contribution is 0.0763. The molecule has 1 fully saturated rings. The van der Waals surface area contributed by atoms with Gasteiger partial charge in [0.15, 0.2) is 0 Å². The van der Waals surface area contributed by atoms with Crippen LogP contribution in [0.1, 0.15) is 23.7 Å². The number of benzene rings is 2. The number of aliphatic hydroxyl groups is 1. The minimum absolute atomic E-state index is 0.0404. The van der Waals surface area contributed by atoms with Crippen molar-refractivity contribution in [1.29, 1.82) is 0 Å². The van der Waals surface area contributed by atoms with Crippen LogP contribution in [0.5, 0.6) is 0 Å². The van der Waals surface area contributed by atoms with Gasteiger partial charge >= 0.3 is 0 Å². The van der Waals surface area contributed by atoms with Gasteiger partial charge in [0.25, 0.3) is 5.91 Å². The Kier molecular flexibility index (Phi) is 3.55. The topological polar surface area (TPSA) is 66.6 Å². The second-order valence-electron chi connectivity index (χ2n) is 5.83. The molecular formula is C17H20N2O2. The van der Waals surface area contributed by atoms with Gasteiger partial charge in [0, 0.05) is 24.7 Å². The van der Waals surface area contributed by atoms with E-state index >= 15 is 0 Å². The number of nitrogens with zero attached hydrogens (tertiary/aromatic N) is 1. The van der Waals surface area contributed by atoms with Crippen LogP contribution in [0.15, 0.2) is 36.4 Å². The molecule has 1 aliphatic heterocycles. The zero-order valence-corrected chi connectivity index (χ0v) is 12.1. The van der Waals surface area contributed by atoms with Crippen LogP contribution in [-0.4, -0.2) is 35.1 Å². The molecule has 2 atom stereocenters. The van der Waals surface area contributed by atoms with Gasteiger partial charge in [0.2, 0.25) is 0 Å². The molecule has 1 amide bonds. The molecule has 4 heteroatoms. The van der Waals surface area contributed by atoms with Crippen LogP contribution < -0.4 is 5.73 Å². The summed E-state index contributed by atoms with van der Waals surface area (Å²) >= 11 is 0. The smallest absolute Gasteiger partial charge is 0.255 e. The van der Waals surface area contributed by atoms with E-state index in [1.54, 1.807) is 11.8 Å². The molecule has 1 saturated heterocycles. The quantitative estimate of drug-likeness (QED) is 0.831. The molecule has 2 aromatic carbocycles. The van der Waals surface area contributed by atoms with E-state index in [2.05, 4.69) is 0 Å². The van der Waals surface area contributed by atoms with E-state index in [1.165, 1.54) is 0 Å². The summed E-state index contributed by atoms with van der Waals surface area (Å²) in [5.41, 5.74) is 7.12. The summed E-state index contributed by atoms with van der Waals surface area (Å²) in [5, 5.41) is 11.7. The van der Waals surface area contributed by atoms with E-state index in [-0.39, 0.29) is 17.9 Å². The highest BCUT2D eigenvalue weighted by molar-refractivity contribution is 6.04. The van der Waals surface area contributed by atoms with E-state index in [9.17, 15) is 9.90 Å². The highest BCUT2D eigenvalue weighted by atomic mass is 16.3. The van der Waals surface area contributed by atoms with Crippen LogP contribution in [0.4, 0.5) is 5.69 Å². The van der Waals surface area contributed by atoms with Crippen molar-refractivity contribution in [3.8, 4) is 0 Å². The summed E-state index contributed by atoms with van der Waals surface area (Å²) in [6, 6.07) is 11.6. The molecule has 0 spiro atoms. The van der Waals surface area contributed by atoms with Crippen LogP contribution in [0.3, 0.4) is 0 Å². The SMILES string of the molecule is CC(O)C1CCN(C(=O)c2cc3ccccc3cc2N)C1. The molecule has 0 aromatic heterocycles. The summed E-state index contributed by atoms with van der Waals surface area (Å²) < 4.78 is 0. The van der Waals surface area contributed by atoms with Crippen molar-refractivity contribution in [2.45, 2.75) is 19.4 Å². The number of amides is 1. The zero-order valence-electron chi connectivity index (χ0n) is 12.1. The average Bonchev–Trinajstić information content (AvgIpc) is 2.96.